The van der Waals surface area contributed by atoms with Crippen molar-refractivity contribution in [2.45, 2.75) is 38.6 Å². The third-order valence-corrected chi connectivity index (χ3v) is 6.72. The number of fused-ring (bicyclic) bond motifs is 1. The Morgan fingerprint density at radius 3 is 2.74 bits per heavy atom. The first-order chi connectivity index (χ1) is 15.1. The summed E-state index contributed by atoms with van der Waals surface area (Å²) in [5, 5.41) is 3.88. The molecule has 1 aliphatic rings. The highest BCUT2D eigenvalue weighted by Crippen LogP contribution is 2.34. The minimum Gasteiger partial charge on any atom is -0.339 e. The second kappa shape index (κ2) is 8.23. The Morgan fingerprint density at radius 2 is 2.06 bits per heavy atom. The number of nitrogens with zero attached hydrogens (tertiary/aromatic N) is 5. The van der Waals surface area contributed by atoms with Gasteiger partial charge in [-0.2, -0.15) is 11.3 Å². The molecule has 0 N–H and O–H groups in total. The molecule has 0 spiro atoms. The van der Waals surface area contributed by atoms with Crippen molar-refractivity contribution in [3.63, 3.8) is 0 Å². The first kappa shape index (κ1) is 19.9. The van der Waals surface area contributed by atoms with Crippen LogP contribution in [0.25, 0.3) is 22.3 Å². The average Bonchev–Trinajstić information content (AvgIpc) is 3.49. The van der Waals surface area contributed by atoms with Gasteiger partial charge in [-0.25, -0.2) is 4.98 Å². The molecule has 0 aromatic carbocycles. The van der Waals surface area contributed by atoms with Crippen molar-refractivity contribution in [2.75, 3.05) is 13.1 Å². The SMILES string of the molecule is CC(C)n1cnc2c(-c3cccnc3)nc(C3CCN(C(=O)c4ccsc4)CC3)cc21. The number of aromatic nitrogens is 4. The van der Waals surface area contributed by atoms with Gasteiger partial charge >= 0.3 is 0 Å². The summed E-state index contributed by atoms with van der Waals surface area (Å²) in [6.07, 6.45) is 7.36. The molecular weight excluding hydrogens is 406 g/mol. The predicted octanol–water partition coefficient (Wildman–Crippen LogP) is 5.16. The van der Waals surface area contributed by atoms with Crippen LogP contribution in [0.4, 0.5) is 0 Å². The lowest BCUT2D eigenvalue weighted by Gasteiger charge is -2.32. The fourth-order valence-electron chi connectivity index (χ4n) is 4.32. The number of piperidine rings is 1. The Morgan fingerprint density at radius 1 is 1.23 bits per heavy atom. The molecule has 7 heteroatoms. The van der Waals surface area contributed by atoms with Crippen molar-refractivity contribution in [1.82, 2.24) is 24.4 Å². The van der Waals surface area contributed by atoms with Gasteiger partial charge < -0.3 is 9.47 Å². The number of hydrogen-bond acceptors (Lipinski definition) is 5. The molecular formula is C24H25N5OS. The molecule has 0 unspecified atom stereocenters. The summed E-state index contributed by atoms with van der Waals surface area (Å²) < 4.78 is 2.20. The number of amides is 1. The summed E-state index contributed by atoms with van der Waals surface area (Å²) in [5.41, 5.74) is 5.76. The van der Waals surface area contributed by atoms with Gasteiger partial charge in [-0.15, -0.1) is 0 Å². The molecule has 1 amide bonds. The molecule has 1 saturated heterocycles. The van der Waals surface area contributed by atoms with Gasteiger partial charge in [-0.3, -0.25) is 14.8 Å². The molecule has 0 saturated carbocycles. The topological polar surface area (TPSA) is 63.9 Å². The Bertz CT molecular complexity index is 1190. The van der Waals surface area contributed by atoms with Crippen LogP contribution in [0.5, 0.6) is 0 Å². The van der Waals surface area contributed by atoms with E-state index in [0.717, 1.165) is 59.5 Å². The van der Waals surface area contributed by atoms with Gasteiger partial charge in [0.15, 0.2) is 0 Å². The van der Waals surface area contributed by atoms with E-state index in [1.807, 2.05) is 46.4 Å². The molecule has 0 aliphatic carbocycles. The van der Waals surface area contributed by atoms with Gasteiger partial charge in [0.1, 0.15) is 5.52 Å². The molecule has 5 rings (SSSR count). The molecule has 5 heterocycles. The van der Waals surface area contributed by atoms with E-state index in [2.05, 4.69) is 34.4 Å². The minimum atomic E-state index is 0.136. The third kappa shape index (κ3) is 3.74. The van der Waals surface area contributed by atoms with Crippen molar-refractivity contribution in [2.24, 2.45) is 0 Å². The summed E-state index contributed by atoms with van der Waals surface area (Å²) in [4.78, 5) is 28.7. The highest BCUT2D eigenvalue weighted by molar-refractivity contribution is 7.08. The smallest absolute Gasteiger partial charge is 0.254 e. The summed E-state index contributed by atoms with van der Waals surface area (Å²) in [7, 11) is 0. The van der Waals surface area contributed by atoms with Crippen LogP contribution in [-0.4, -0.2) is 43.4 Å². The number of hydrogen-bond donors (Lipinski definition) is 0. The molecule has 4 aromatic rings. The Kier molecular flexibility index (Phi) is 5.28. The van der Waals surface area contributed by atoms with Crippen LogP contribution in [0, 0.1) is 0 Å². The van der Waals surface area contributed by atoms with E-state index in [1.165, 1.54) is 0 Å². The van der Waals surface area contributed by atoms with Crippen LogP contribution in [-0.2, 0) is 0 Å². The minimum absolute atomic E-state index is 0.136. The third-order valence-electron chi connectivity index (χ3n) is 6.04. The van der Waals surface area contributed by atoms with Crippen LogP contribution in [0.3, 0.4) is 0 Å². The van der Waals surface area contributed by atoms with Gasteiger partial charge in [-0.1, -0.05) is 0 Å². The molecule has 6 nitrogen and oxygen atoms in total. The number of rotatable bonds is 4. The molecule has 1 aliphatic heterocycles. The van der Waals surface area contributed by atoms with Crippen molar-refractivity contribution in [3.8, 4) is 11.3 Å². The van der Waals surface area contributed by atoms with E-state index in [9.17, 15) is 4.79 Å². The maximum absolute atomic E-state index is 12.7. The van der Waals surface area contributed by atoms with E-state index in [4.69, 9.17) is 4.98 Å². The predicted molar refractivity (Wildman–Crippen MR) is 123 cm³/mol. The fraction of sp³-hybridized carbons (Fsp3) is 0.333. The average molecular weight is 432 g/mol. The van der Waals surface area contributed by atoms with Crippen LogP contribution >= 0.6 is 11.3 Å². The standard InChI is InChI=1S/C24H25N5OS/c1-16(2)29-15-26-23-21(29)12-20(27-22(23)18-4-3-8-25-13-18)17-5-9-28(10-6-17)24(30)19-7-11-31-14-19/h3-4,7-8,11-17H,5-6,9-10H2,1-2H3. The monoisotopic (exact) mass is 431 g/mol. The van der Waals surface area contributed by atoms with Gasteiger partial charge in [-0.05, 0) is 56.3 Å². The number of carbonyl (C=O) groups excluding carboxylic acids is 1. The first-order valence-electron chi connectivity index (χ1n) is 10.7. The quantitative estimate of drug-likeness (QED) is 0.448. The lowest BCUT2D eigenvalue weighted by molar-refractivity contribution is 0.0712. The maximum atomic E-state index is 12.7. The van der Waals surface area contributed by atoms with Gasteiger partial charge in [0, 0.05) is 54.1 Å². The highest BCUT2D eigenvalue weighted by Gasteiger charge is 2.27. The highest BCUT2D eigenvalue weighted by atomic mass is 32.1. The van der Waals surface area contributed by atoms with Crippen molar-refractivity contribution in [1.29, 1.82) is 0 Å². The van der Waals surface area contributed by atoms with Gasteiger partial charge in [0.2, 0.25) is 0 Å². The summed E-state index contributed by atoms with van der Waals surface area (Å²) in [6, 6.07) is 8.39. The Hall–Kier alpha value is -3.06. The lowest BCUT2D eigenvalue weighted by Crippen LogP contribution is -2.37. The first-order valence-corrected chi connectivity index (χ1v) is 11.7. The van der Waals surface area contributed by atoms with Crippen molar-refractivity contribution < 1.29 is 4.79 Å². The number of likely N-dealkylation sites (tertiary alicyclic amines) is 1. The zero-order valence-electron chi connectivity index (χ0n) is 17.7. The summed E-state index contributed by atoms with van der Waals surface area (Å²) in [5.74, 6) is 0.457. The van der Waals surface area contributed by atoms with E-state index in [0.29, 0.717) is 12.0 Å². The molecule has 0 bridgehead atoms. The van der Waals surface area contributed by atoms with Crippen LogP contribution in [0.15, 0.2) is 53.7 Å². The zero-order valence-corrected chi connectivity index (χ0v) is 18.5. The second-order valence-corrected chi connectivity index (χ2v) is 9.11. The largest absolute Gasteiger partial charge is 0.339 e. The van der Waals surface area contributed by atoms with Crippen LogP contribution < -0.4 is 0 Å². The van der Waals surface area contributed by atoms with E-state index in [-0.39, 0.29) is 5.91 Å². The maximum Gasteiger partial charge on any atom is 0.254 e. The normalized spacial score (nSPS) is 15.1. The summed E-state index contributed by atoms with van der Waals surface area (Å²) in [6.45, 7) is 5.84. The molecule has 31 heavy (non-hydrogen) atoms. The summed E-state index contributed by atoms with van der Waals surface area (Å²) >= 11 is 1.56. The fourth-order valence-corrected chi connectivity index (χ4v) is 4.95. The Labute approximate surface area is 185 Å². The van der Waals surface area contributed by atoms with Crippen LogP contribution in [0.1, 0.15) is 54.7 Å². The number of pyridine rings is 2. The lowest BCUT2D eigenvalue weighted by atomic mass is 9.92. The van der Waals surface area contributed by atoms with Gasteiger partial charge in [0.25, 0.3) is 5.91 Å². The number of thiophene rings is 1. The molecule has 4 aromatic heterocycles. The molecule has 158 valence electrons. The molecule has 0 radical (unpaired) electrons. The molecule has 0 atom stereocenters. The zero-order chi connectivity index (χ0) is 21.4. The second-order valence-electron chi connectivity index (χ2n) is 8.33. The number of carbonyl (C=O) groups is 1. The van der Waals surface area contributed by atoms with E-state index >= 15 is 0 Å². The van der Waals surface area contributed by atoms with Crippen molar-refractivity contribution >= 4 is 28.3 Å². The Balaban J connectivity index is 1.47. The van der Waals surface area contributed by atoms with Gasteiger partial charge in [0.05, 0.1) is 23.1 Å². The van der Waals surface area contributed by atoms with E-state index < -0.39 is 0 Å². The van der Waals surface area contributed by atoms with Crippen molar-refractivity contribution in [3.05, 3.63) is 65.0 Å². The molecule has 1 fully saturated rings. The van der Waals surface area contributed by atoms with E-state index in [1.54, 1.807) is 17.5 Å². The number of imidazole rings is 1. The van der Waals surface area contributed by atoms with Crippen LogP contribution in [0.2, 0.25) is 0 Å².